The fourth-order valence-electron chi connectivity index (χ4n) is 2.04. The zero-order valence-electron chi connectivity index (χ0n) is 12.9. The average molecular weight is 296 g/mol. The van der Waals surface area contributed by atoms with Gasteiger partial charge in [-0.3, -0.25) is 9.59 Å². The third-order valence-electron chi connectivity index (χ3n) is 3.52. The number of nitrogens with zero attached hydrogens (tertiary/aromatic N) is 2. The zero-order chi connectivity index (χ0) is 15.8. The Labute approximate surface area is 125 Å². The second kappa shape index (κ2) is 8.46. The summed E-state index contributed by atoms with van der Waals surface area (Å²) in [6, 6.07) is 3.24. The second-order valence-electron chi connectivity index (χ2n) is 4.99. The molecule has 1 aromatic heterocycles. The van der Waals surface area contributed by atoms with Gasteiger partial charge in [-0.25, -0.2) is 0 Å². The SMILES string of the molecule is CCN(CC)CCN(CC(C)C(=O)O)C(=O)c1ccco1. The van der Waals surface area contributed by atoms with Crippen LogP contribution in [0.15, 0.2) is 22.8 Å². The number of likely N-dealkylation sites (N-methyl/N-ethyl adjacent to an activating group) is 1. The lowest BCUT2D eigenvalue weighted by atomic mass is 10.1. The predicted octanol–water partition coefficient (Wildman–Crippen LogP) is 1.78. The lowest BCUT2D eigenvalue weighted by molar-refractivity contribution is -0.141. The lowest BCUT2D eigenvalue weighted by Crippen LogP contribution is -2.42. The van der Waals surface area contributed by atoms with E-state index in [1.54, 1.807) is 24.0 Å². The van der Waals surface area contributed by atoms with Gasteiger partial charge in [0.1, 0.15) is 0 Å². The van der Waals surface area contributed by atoms with Gasteiger partial charge in [0, 0.05) is 19.6 Å². The molecule has 1 heterocycles. The molecule has 1 aromatic rings. The maximum atomic E-state index is 12.4. The van der Waals surface area contributed by atoms with E-state index in [-0.39, 0.29) is 18.2 Å². The number of carboxylic acids is 1. The molecule has 0 aliphatic rings. The van der Waals surface area contributed by atoms with Crippen LogP contribution in [0.25, 0.3) is 0 Å². The summed E-state index contributed by atoms with van der Waals surface area (Å²) in [7, 11) is 0. The molecule has 1 amide bonds. The van der Waals surface area contributed by atoms with Gasteiger partial charge in [-0.1, -0.05) is 20.8 Å². The van der Waals surface area contributed by atoms with E-state index in [1.807, 2.05) is 0 Å². The molecule has 0 radical (unpaired) electrons. The Hall–Kier alpha value is -1.82. The van der Waals surface area contributed by atoms with Crippen LogP contribution in [0.4, 0.5) is 0 Å². The topological polar surface area (TPSA) is 74.0 Å². The number of rotatable bonds is 9. The molecule has 0 saturated carbocycles. The third kappa shape index (κ3) is 5.23. The van der Waals surface area contributed by atoms with E-state index in [0.717, 1.165) is 13.1 Å². The molecule has 0 spiro atoms. The van der Waals surface area contributed by atoms with Gasteiger partial charge < -0.3 is 19.3 Å². The number of hydrogen-bond donors (Lipinski definition) is 1. The highest BCUT2D eigenvalue weighted by atomic mass is 16.4. The van der Waals surface area contributed by atoms with Crippen LogP contribution < -0.4 is 0 Å². The largest absolute Gasteiger partial charge is 0.481 e. The molecule has 0 saturated heterocycles. The lowest BCUT2D eigenvalue weighted by Gasteiger charge is -2.27. The molecule has 6 nitrogen and oxygen atoms in total. The zero-order valence-corrected chi connectivity index (χ0v) is 12.9. The molecule has 1 N–H and O–H groups in total. The molecule has 21 heavy (non-hydrogen) atoms. The van der Waals surface area contributed by atoms with Crippen molar-refractivity contribution < 1.29 is 19.1 Å². The number of hydrogen-bond acceptors (Lipinski definition) is 4. The van der Waals surface area contributed by atoms with Crippen LogP contribution in [-0.2, 0) is 4.79 Å². The van der Waals surface area contributed by atoms with Crippen LogP contribution in [0.5, 0.6) is 0 Å². The first-order valence-electron chi connectivity index (χ1n) is 7.27. The summed E-state index contributed by atoms with van der Waals surface area (Å²) in [5, 5.41) is 9.04. The van der Waals surface area contributed by atoms with E-state index in [0.29, 0.717) is 13.1 Å². The number of furan rings is 1. The standard InChI is InChI=1S/C15H24N2O4/c1-4-16(5-2)8-9-17(11-12(3)15(19)20)14(18)13-7-6-10-21-13/h6-7,10,12H,4-5,8-9,11H2,1-3H3,(H,19,20). The van der Waals surface area contributed by atoms with Crippen molar-refractivity contribution in [1.29, 1.82) is 0 Å². The summed E-state index contributed by atoms with van der Waals surface area (Å²) in [5.41, 5.74) is 0. The van der Waals surface area contributed by atoms with Crippen molar-refractivity contribution >= 4 is 11.9 Å². The molecule has 0 fully saturated rings. The first-order chi connectivity index (χ1) is 9.99. The van der Waals surface area contributed by atoms with Crippen LogP contribution in [0.1, 0.15) is 31.3 Å². The molecule has 6 heteroatoms. The molecule has 1 rings (SSSR count). The summed E-state index contributed by atoms with van der Waals surface area (Å²) in [6.07, 6.45) is 1.44. The Morgan fingerprint density at radius 3 is 2.43 bits per heavy atom. The Balaban J connectivity index is 2.74. The molecule has 0 aliphatic heterocycles. The summed E-state index contributed by atoms with van der Waals surface area (Å²) in [6.45, 7) is 8.88. The van der Waals surface area contributed by atoms with Crippen LogP contribution in [0.3, 0.4) is 0 Å². The minimum atomic E-state index is -0.907. The van der Waals surface area contributed by atoms with Crippen LogP contribution in [0.2, 0.25) is 0 Å². The van der Waals surface area contributed by atoms with Crippen LogP contribution in [-0.4, -0.2) is 59.5 Å². The molecule has 118 valence electrons. The second-order valence-corrected chi connectivity index (χ2v) is 4.99. The van der Waals surface area contributed by atoms with Crippen molar-refractivity contribution in [3.05, 3.63) is 24.2 Å². The van der Waals surface area contributed by atoms with Crippen molar-refractivity contribution in [3.8, 4) is 0 Å². The Morgan fingerprint density at radius 1 is 1.29 bits per heavy atom. The number of carbonyl (C=O) groups is 2. The van der Waals surface area contributed by atoms with E-state index >= 15 is 0 Å². The molecule has 0 aliphatic carbocycles. The van der Waals surface area contributed by atoms with Gasteiger partial charge in [0.15, 0.2) is 5.76 Å². The monoisotopic (exact) mass is 296 g/mol. The molecule has 0 aromatic carbocycles. The summed E-state index contributed by atoms with van der Waals surface area (Å²) in [4.78, 5) is 27.1. The van der Waals surface area contributed by atoms with E-state index in [2.05, 4.69) is 18.7 Å². The molecular weight excluding hydrogens is 272 g/mol. The highest BCUT2D eigenvalue weighted by Crippen LogP contribution is 2.09. The van der Waals surface area contributed by atoms with Gasteiger partial charge in [0.05, 0.1) is 12.2 Å². The normalized spacial score (nSPS) is 12.4. The fraction of sp³-hybridized carbons (Fsp3) is 0.600. The predicted molar refractivity (Wildman–Crippen MR) is 79.2 cm³/mol. The molecule has 1 unspecified atom stereocenters. The Bertz CT molecular complexity index is 441. The van der Waals surface area contributed by atoms with Crippen LogP contribution in [0, 0.1) is 5.92 Å². The molecular formula is C15H24N2O4. The quantitative estimate of drug-likeness (QED) is 0.752. The van der Waals surface area contributed by atoms with Crippen molar-refractivity contribution in [2.24, 2.45) is 5.92 Å². The number of aliphatic carboxylic acids is 1. The fourth-order valence-corrected chi connectivity index (χ4v) is 2.04. The van der Waals surface area contributed by atoms with E-state index in [4.69, 9.17) is 9.52 Å². The maximum Gasteiger partial charge on any atom is 0.308 e. The van der Waals surface area contributed by atoms with Gasteiger partial charge in [-0.2, -0.15) is 0 Å². The Morgan fingerprint density at radius 2 is 1.95 bits per heavy atom. The Kier molecular flexibility index (Phi) is 6.94. The smallest absolute Gasteiger partial charge is 0.308 e. The number of carboxylic acid groups (broad SMARTS) is 1. The highest BCUT2D eigenvalue weighted by Gasteiger charge is 2.23. The van der Waals surface area contributed by atoms with E-state index in [9.17, 15) is 9.59 Å². The highest BCUT2D eigenvalue weighted by molar-refractivity contribution is 5.91. The average Bonchev–Trinajstić information content (AvgIpc) is 3.00. The van der Waals surface area contributed by atoms with Crippen molar-refractivity contribution in [1.82, 2.24) is 9.80 Å². The molecule has 0 bridgehead atoms. The van der Waals surface area contributed by atoms with Crippen LogP contribution >= 0.6 is 0 Å². The van der Waals surface area contributed by atoms with Gasteiger partial charge >= 0.3 is 5.97 Å². The third-order valence-corrected chi connectivity index (χ3v) is 3.52. The minimum Gasteiger partial charge on any atom is -0.481 e. The maximum absolute atomic E-state index is 12.4. The first-order valence-corrected chi connectivity index (χ1v) is 7.27. The summed E-state index contributed by atoms with van der Waals surface area (Å²) in [5.74, 6) is -1.54. The van der Waals surface area contributed by atoms with Crippen molar-refractivity contribution in [2.75, 3.05) is 32.7 Å². The van der Waals surface area contributed by atoms with E-state index in [1.165, 1.54) is 6.26 Å². The van der Waals surface area contributed by atoms with Crippen molar-refractivity contribution in [3.63, 3.8) is 0 Å². The molecule has 1 atom stereocenters. The van der Waals surface area contributed by atoms with Gasteiger partial charge in [-0.05, 0) is 25.2 Å². The number of carbonyl (C=O) groups excluding carboxylic acids is 1. The summed E-state index contributed by atoms with van der Waals surface area (Å²) >= 11 is 0. The summed E-state index contributed by atoms with van der Waals surface area (Å²) < 4.78 is 5.13. The van der Waals surface area contributed by atoms with Crippen molar-refractivity contribution in [2.45, 2.75) is 20.8 Å². The number of amides is 1. The minimum absolute atomic E-state index is 0.177. The van der Waals surface area contributed by atoms with Gasteiger partial charge in [-0.15, -0.1) is 0 Å². The van der Waals surface area contributed by atoms with Gasteiger partial charge in [0.2, 0.25) is 0 Å². The van der Waals surface area contributed by atoms with Gasteiger partial charge in [0.25, 0.3) is 5.91 Å². The first kappa shape index (κ1) is 17.2. The van der Waals surface area contributed by atoms with E-state index < -0.39 is 11.9 Å².